The molecule has 2 N–H and O–H groups in total. The van der Waals surface area contributed by atoms with Crippen LogP contribution in [0.1, 0.15) is 17.5 Å². The second-order valence-corrected chi connectivity index (χ2v) is 6.80. The molecule has 6 heteroatoms. The van der Waals surface area contributed by atoms with E-state index in [9.17, 15) is 4.79 Å². The number of nitrogens with one attached hydrogen (secondary N) is 2. The molecule has 28 heavy (non-hydrogen) atoms. The van der Waals surface area contributed by atoms with E-state index < -0.39 is 0 Å². The zero-order chi connectivity index (χ0) is 19.9. The summed E-state index contributed by atoms with van der Waals surface area (Å²) in [5, 5.41) is 6.72. The van der Waals surface area contributed by atoms with Crippen LogP contribution < -0.4 is 15.4 Å². The quantitative estimate of drug-likeness (QED) is 0.564. The lowest BCUT2D eigenvalue weighted by molar-refractivity contribution is -0.116. The highest BCUT2D eigenvalue weighted by Crippen LogP contribution is 2.32. The predicted octanol–water partition coefficient (Wildman–Crippen LogP) is 5.37. The van der Waals surface area contributed by atoms with Gasteiger partial charge in [-0.3, -0.25) is 4.79 Å². The van der Waals surface area contributed by atoms with Crippen LogP contribution in [0.2, 0.25) is 5.02 Å². The molecule has 0 radical (unpaired) electrons. The molecule has 0 atom stereocenters. The van der Waals surface area contributed by atoms with Crippen LogP contribution in [0.5, 0.6) is 5.75 Å². The summed E-state index contributed by atoms with van der Waals surface area (Å²) in [4.78, 5) is 16.5. The van der Waals surface area contributed by atoms with E-state index in [0.29, 0.717) is 35.1 Å². The molecule has 3 rings (SSSR count). The van der Waals surface area contributed by atoms with E-state index in [1.165, 1.54) is 0 Å². The Hall–Kier alpha value is -3.05. The fourth-order valence-corrected chi connectivity index (χ4v) is 2.89. The van der Waals surface area contributed by atoms with Crippen LogP contribution in [0.15, 0.2) is 60.8 Å². The Morgan fingerprint density at radius 3 is 2.61 bits per heavy atom. The second kappa shape index (κ2) is 9.24. The zero-order valence-electron chi connectivity index (χ0n) is 15.8. The number of carbonyl (C=O) groups is 1. The largest absolute Gasteiger partial charge is 0.495 e. The fourth-order valence-electron chi connectivity index (χ4n) is 2.74. The number of amides is 1. The van der Waals surface area contributed by atoms with Crippen molar-refractivity contribution in [1.82, 2.24) is 4.98 Å². The monoisotopic (exact) mass is 395 g/mol. The topological polar surface area (TPSA) is 63.2 Å². The number of aryl methyl sites for hydroxylation is 2. The van der Waals surface area contributed by atoms with Gasteiger partial charge in [0.25, 0.3) is 0 Å². The molecule has 5 nitrogen and oxygen atoms in total. The van der Waals surface area contributed by atoms with Gasteiger partial charge in [0.15, 0.2) is 0 Å². The molecule has 0 fully saturated rings. The van der Waals surface area contributed by atoms with Gasteiger partial charge in [-0.15, -0.1) is 0 Å². The number of aromatic nitrogens is 1. The molecule has 144 valence electrons. The van der Waals surface area contributed by atoms with Crippen molar-refractivity contribution in [2.24, 2.45) is 0 Å². The number of ether oxygens (including phenoxy) is 1. The molecule has 0 aliphatic heterocycles. The van der Waals surface area contributed by atoms with Crippen molar-refractivity contribution in [3.05, 3.63) is 76.9 Å². The van der Waals surface area contributed by atoms with Gasteiger partial charge in [0, 0.05) is 17.5 Å². The smallest absolute Gasteiger partial charge is 0.224 e. The van der Waals surface area contributed by atoms with E-state index in [-0.39, 0.29) is 5.91 Å². The van der Waals surface area contributed by atoms with Gasteiger partial charge in [0.2, 0.25) is 5.91 Å². The third-order valence-corrected chi connectivity index (χ3v) is 4.68. The number of nitrogens with zero attached hydrogens (tertiary/aromatic N) is 1. The van der Waals surface area contributed by atoms with Crippen molar-refractivity contribution in [3.8, 4) is 5.75 Å². The van der Waals surface area contributed by atoms with Crippen molar-refractivity contribution in [1.29, 1.82) is 0 Å². The van der Waals surface area contributed by atoms with Crippen molar-refractivity contribution in [2.45, 2.75) is 19.8 Å². The van der Waals surface area contributed by atoms with Gasteiger partial charge in [0.1, 0.15) is 11.6 Å². The third kappa shape index (κ3) is 5.24. The van der Waals surface area contributed by atoms with Crippen molar-refractivity contribution in [3.63, 3.8) is 0 Å². The molecule has 0 aliphatic rings. The van der Waals surface area contributed by atoms with Crippen molar-refractivity contribution in [2.75, 3.05) is 17.7 Å². The molecule has 0 saturated heterocycles. The fraction of sp³-hybridized carbons (Fsp3) is 0.182. The van der Waals surface area contributed by atoms with E-state index in [2.05, 4.69) is 15.6 Å². The minimum atomic E-state index is -0.0404. The second-order valence-electron chi connectivity index (χ2n) is 6.39. The highest BCUT2D eigenvalue weighted by atomic mass is 35.5. The standard InChI is InChI=1S/C22H22ClN3O2/c1-15-12-19(20(28-2)13-18(15)23)26-21-10-9-17(14-24-21)25-22(27)11-8-16-6-4-3-5-7-16/h3-7,9-10,12-14H,8,11H2,1-2H3,(H,24,26)(H,25,27). The molecule has 1 amide bonds. The summed E-state index contributed by atoms with van der Waals surface area (Å²) in [6.45, 7) is 1.93. The first-order chi connectivity index (χ1) is 13.5. The van der Waals surface area contributed by atoms with Gasteiger partial charge in [-0.05, 0) is 42.7 Å². The molecule has 0 saturated carbocycles. The van der Waals surface area contributed by atoms with Crippen LogP contribution in [0.3, 0.4) is 0 Å². The lowest BCUT2D eigenvalue weighted by atomic mass is 10.1. The highest BCUT2D eigenvalue weighted by Gasteiger charge is 2.09. The molecule has 0 bridgehead atoms. The summed E-state index contributed by atoms with van der Waals surface area (Å²) in [5.74, 6) is 1.24. The van der Waals surface area contributed by atoms with E-state index in [0.717, 1.165) is 16.8 Å². The molecular formula is C22H22ClN3O2. The molecule has 3 aromatic rings. The van der Waals surface area contributed by atoms with Crippen molar-refractivity contribution < 1.29 is 9.53 Å². The molecule has 1 heterocycles. The highest BCUT2D eigenvalue weighted by molar-refractivity contribution is 6.31. The Bertz CT molecular complexity index is 944. The summed E-state index contributed by atoms with van der Waals surface area (Å²) >= 11 is 6.14. The van der Waals surface area contributed by atoms with Crippen LogP contribution in [0.25, 0.3) is 0 Å². The zero-order valence-corrected chi connectivity index (χ0v) is 16.6. The van der Waals surface area contributed by atoms with E-state index in [4.69, 9.17) is 16.3 Å². The van der Waals surface area contributed by atoms with Crippen LogP contribution in [0.4, 0.5) is 17.2 Å². The summed E-state index contributed by atoms with van der Waals surface area (Å²) in [5.41, 5.74) is 3.51. The van der Waals surface area contributed by atoms with Gasteiger partial charge >= 0.3 is 0 Å². The molecule has 0 spiro atoms. The summed E-state index contributed by atoms with van der Waals surface area (Å²) in [6, 6.07) is 17.2. The lowest BCUT2D eigenvalue weighted by Crippen LogP contribution is -2.12. The van der Waals surface area contributed by atoms with Gasteiger partial charge in [-0.25, -0.2) is 4.98 Å². The number of benzene rings is 2. The van der Waals surface area contributed by atoms with E-state index in [1.807, 2.05) is 49.4 Å². The van der Waals surface area contributed by atoms with E-state index in [1.54, 1.807) is 25.4 Å². The molecular weight excluding hydrogens is 374 g/mol. The van der Waals surface area contributed by atoms with Gasteiger partial charge in [0.05, 0.1) is 24.7 Å². The molecule has 2 aromatic carbocycles. The number of carbonyl (C=O) groups excluding carboxylic acids is 1. The van der Waals surface area contributed by atoms with Gasteiger partial charge in [-0.1, -0.05) is 41.9 Å². The average Bonchev–Trinajstić information content (AvgIpc) is 2.71. The Labute approximate surface area is 169 Å². The first-order valence-electron chi connectivity index (χ1n) is 8.96. The summed E-state index contributed by atoms with van der Waals surface area (Å²) < 4.78 is 5.36. The Morgan fingerprint density at radius 2 is 1.93 bits per heavy atom. The Kier molecular flexibility index (Phi) is 6.50. The number of hydrogen-bond donors (Lipinski definition) is 2. The Morgan fingerprint density at radius 1 is 1.14 bits per heavy atom. The van der Waals surface area contributed by atoms with Gasteiger partial charge in [-0.2, -0.15) is 0 Å². The summed E-state index contributed by atoms with van der Waals surface area (Å²) in [6.07, 6.45) is 2.75. The third-order valence-electron chi connectivity index (χ3n) is 4.27. The van der Waals surface area contributed by atoms with Crippen LogP contribution >= 0.6 is 11.6 Å². The number of halogens is 1. The maximum atomic E-state index is 12.1. The predicted molar refractivity (Wildman–Crippen MR) is 114 cm³/mol. The minimum absolute atomic E-state index is 0.0404. The first-order valence-corrected chi connectivity index (χ1v) is 9.34. The maximum absolute atomic E-state index is 12.1. The molecule has 0 aliphatic carbocycles. The number of rotatable bonds is 7. The number of anilines is 3. The normalized spacial score (nSPS) is 10.4. The number of methoxy groups -OCH3 is 1. The SMILES string of the molecule is COc1cc(Cl)c(C)cc1Nc1ccc(NC(=O)CCc2ccccc2)cn1. The number of pyridine rings is 1. The lowest BCUT2D eigenvalue weighted by Gasteiger charge is -2.13. The van der Waals surface area contributed by atoms with Crippen LogP contribution in [-0.4, -0.2) is 18.0 Å². The number of hydrogen-bond acceptors (Lipinski definition) is 4. The van der Waals surface area contributed by atoms with Crippen LogP contribution in [-0.2, 0) is 11.2 Å². The van der Waals surface area contributed by atoms with Gasteiger partial charge < -0.3 is 15.4 Å². The van der Waals surface area contributed by atoms with E-state index >= 15 is 0 Å². The minimum Gasteiger partial charge on any atom is -0.495 e. The summed E-state index contributed by atoms with van der Waals surface area (Å²) in [7, 11) is 1.59. The molecule has 0 unspecified atom stereocenters. The maximum Gasteiger partial charge on any atom is 0.224 e. The van der Waals surface area contributed by atoms with Crippen molar-refractivity contribution >= 4 is 34.7 Å². The average molecular weight is 396 g/mol. The van der Waals surface area contributed by atoms with Crippen LogP contribution in [0, 0.1) is 6.92 Å². The molecule has 1 aromatic heterocycles. The first kappa shape index (κ1) is 19.7. The Balaban J connectivity index is 1.59.